The van der Waals surface area contributed by atoms with Gasteiger partial charge in [-0.1, -0.05) is 11.3 Å². The van der Waals surface area contributed by atoms with Gasteiger partial charge in [-0.2, -0.15) is 15.6 Å². The largest absolute Gasteiger partial charge is 0.369 e. The number of benzene rings is 1. The topological polar surface area (TPSA) is 84.2 Å². The van der Waals surface area contributed by atoms with E-state index in [0.717, 1.165) is 54.2 Å². The molecule has 174 valence electrons. The molecule has 0 radical (unpaired) electrons. The first kappa shape index (κ1) is 21.6. The van der Waals surface area contributed by atoms with Crippen LogP contribution in [0.25, 0.3) is 16.8 Å². The molecule has 0 unspecified atom stereocenters. The molecule has 4 heterocycles. The van der Waals surface area contributed by atoms with E-state index < -0.39 is 0 Å². The van der Waals surface area contributed by atoms with E-state index in [-0.39, 0.29) is 11.7 Å². The van der Waals surface area contributed by atoms with Crippen molar-refractivity contribution in [3.8, 4) is 23.4 Å². The Kier molecular flexibility index (Phi) is 4.98. The molecule has 9 heteroatoms. The highest BCUT2D eigenvalue weighted by atomic mass is 32.1. The van der Waals surface area contributed by atoms with E-state index in [9.17, 15) is 14.9 Å². The zero-order valence-corrected chi connectivity index (χ0v) is 20.2. The Hall–Kier alpha value is -3.95. The van der Waals surface area contributed by atoms with Crippen molar-refractivity contribution < 1.29 is 4.39 Å². The molecule has 1 saturated carbocycles. The summed E-state index contributed by atoms with van der Waals surface area (Å²) in [5, 5.41) is 24.6. The van der Waals surface area contributed by atoms with Crippen LogP contribution in [0.4, 0.5) is 20.9 Å². The number of hydrogen-bond donors (Lipinski definition) is 0. The van der Waals surface area contributed by atoms with Crippen molar-refractivity contribution in [3.05, 3.63) is 58.5 Å². The van der Waals surface area contributed by atoms with Crippen molar-refractivity contribution >= 4 is 33.4 Å². The number of aryl methyl sites for hydroxylation is 1. The number of pyridine rings is 1. The minimum absolute atomic E-state index is 0.0743. The average Bonchev–Trinajstić information content (AvgIpc) is 3.46. The van der Waals surface area contributed by atoms with Gasteiger partial charge in [0.25, 0.3) is 0 Å². The van der Waals surface area contributed by atoms with Gasteiger partial charge in [-0.3, -0.25) is 0 Å². The number of nitriles is 2. The van der Waals surface area contributed by atoms with Gasteiger partial charge < -0.3 is 9.80 Å². The highest BCUT2D eigenvalue weighted by Gasteiger charge is 2.34. The average molecular weight is 484 g/mol. The molecular weight excluding hydrogens is 461 g/mol. The molecule has 3 aromatic heterocycles. The number of hydrogen-bond acceptors (Lipinski definition) is 7. The summed E-state index contributed by atoms with van der Waals surface area (Å²) in [4.78, 5) is 9.55. The number of anilines is 3. The van der Waals surface area contributed by atoms with E-state index in [4.69, 9.17) is 10.1 Å². The number of rotatable bonds is 5. The van der Waals surface area contributed by atoms with Crippen molar-refractivity contribution in [2.75, 3.05) is 29.9 Å². The van der Waals surface area contributed by atoms with Gasteiger partial charge in [0.05, 0.1) is 28.9 Å². The summed E-state index contributed by atoms with van der Waals surface area (Å²) in [7, 11) is 1.97. The predicted molar refractivity (Wildman–Crippen MR) is 134 cm³/mol. The van der Waals surface area contributed by atoms with Crippen LogP contribution in [0.3, 0.4) is 0 Å². The number of nitrogens with zero attached hydrogens (tertiary/aromatic N) is 7. The van der Waals surface area contributed by atoms with Crippen LogP contribution in [0, 0.1) is 41.3 Å². The summed E-state index contributed by atoms with van der Waals surface area (Å²) in [6.07, 6.45) is 2.21. The number of halogens is 1. The van der Waals surface area contributed by atoms with Crippen LogP contribution >= 0.6 is 11.3 Å². The molecule has 0 amide bonds. The normalized spacial score (nSPS) is 15.6. The Morgan fingerprint density at radius 1 is 1.14 bits per heavy atom. The molecule has 4 aromatic rings. The fourth-order valence-electron chi connectivity index (χ4n) is 4.65. The molecule has 0 atom stereocenters. The first-order valence-electron chi connectivity index (χ1n) is 11.5. The van der Waals surface area contributed by atoms with E-state index in [1.807, 2.05) is 16.5 Å². The minimum Gasteiger partial charge on any atom is -0.369 e. The summed E-state index contributed by atoms with van der Waals surface area (Å²) in [6.45, 7) is 3.52. The Morgan fingerprint density at radius 2 is 1.89 bits per heavy atom. The molecule has 1 saturated heterocycles. The molecule has 0 spiro atoms. The van der Waals surface area contributed by atoms with Crippen molar-refractivity contribution in [1.82, 2.24) is 14.6 Å². The van der Waals surface area contributed by atoms with Crippen LogP contribution in [0.5, 0.6) is 0 Å². The van der Waals surface area contributed by atoms with E-state index in [2.05, 4.69) is 36.1 Å². The molecule has 1 aliphatic heterocycles. The highest BCUT2D eigenvalue weighted by Crippen LogP contribution is 2.48. The Morgan fingerprint density at radius 3 is 2.54 bits per heavy atom. The summed E-state index contributed by atoms with van der Waals surface area (Å²) in [5.41, 5.74) is 6.42. The lowest BCUT2D eigenvalue weighted by atomic mass is 10.0. The van der Waals surface area contributed by atoms with Gasteiger partial charge in [0.15, 0.2) is 5.13 Å². The second kappa shape index (κ2) is 8.07. The lowest BCUT2D eigenvalue weighted by Gasteiger charge is -2.37. The highest BCUT2D eigenvalue weighted by molar-refractivity contribution is 7.16. The summed E-state index contributed by atoms with van der Waals surface area (Å²) in [5.74, 6) is 0.161. The Labute approximate surface area is 206 Å². The summed E-state index contributed by atoms with van der Waals surface area (Å²) in [6, 6.07) is 14.9. The number of thiazole rings is 1. The second-order valence-electron chi connectivity index (χ2n) is 9.24. The molecule has 1 aromatic carbocycles. The van der Waals surface area contributed by atoms with Gasteiger partial charge in [0, 0.05) is 43.0 Å². The first-order chi connectivity index (χ1) is 17.0. The van der Waals surface area contributed by atoms with Crippen LogP contribution in [0.15, 0.2) is 36.4 Å². The lowest BCUT2D eigenvalue weighted by molar-refractivity contribution is 0.504. The summed E-state index contributed by atoms with van der Waals surface area (Å²) >= 11 is 1.32. The van der Waals surface area contributed by atoms with Gasteiger partial charge >= 0.3 is 0 Å². The third kappa shape index (κ3) is 3.60. The molecule has 1 aliphatic carbocycles. The molecular formula is C26H22FN7S. The van der Waals surface area contributed by atoms with Gasteiger partial charge in [-0.25, -0.2) is 13.9 Å². The zero-order chi connectivity index (χ0) is 24.3. The monoisotopic (exact) mass is 483 g/mol. The maximum atomic E-state index is 13.5. The zero-order valence-electron chi connectivity index (χ0n) is 19.4. The van der Waals surface area contributed by atoms with Gasteiger partial charge in [-0.15, -0.1) is 0 Å². The maximum Gasteiger partial charge on any atom is 0.191 e. The first-order valence-corrected chi connectivity index (χ1v) is 12.4. The molecule has 0 bridgehead atoms. The number of aromatic nitrogens is 3. The van der Waals surface area contributed by atoms with Crippen LogP contribution in [0.2, 0.25) is 0 Å². The minimum atomic E-state index is -0.324. The lowest BCUT2D eigenvalue weighted by Crippen LogP contribution is -2.46. The second-order valence-corrected chi connectivity index (χ2v) is 10.2. The fraction of sp³-hybridized carbons (Fsp3) is 0.308. The van der Waals surface area contributed by atoms with Gasteiger partial charge in [0.1, 0.15) is 22.5 Å². The SMILES string of the molecule is Cc1cc(N2CC(C#N)C2)cc2c(N(C)c3nc(-c4ccc(F)cc4)c(C#N)s3)c(C3CC3)nn12. The predicted octanol–water partition coefficient (Wildman–Crippen LogP) is 5.38. The van der Waals surface area contributed by atoms with Crippen molar-refractivity contribution in [3.63, 3.8) is 0 Å². The number of fused-ring (bicyclic) bond motifs is 1. The summed E-state index contributed by atoms with van der Waals surface area (Å²) < 4.78 is 15.4. The van der Waals surface area contributed by atoms with Crippen LogP contribution in [0.1, 0.15) is 35.0 Å². The van der Waals surface area contributed by atoms with Crippen molar-refractivity contribution in [2.24, 2.45) is 5.92 Å². The van der Waals surface area contributed by atoms with E-state index >= 15 is 0 Å². The fourth-order valence-corrected chi connectivity index (χ4v) is 5.51. The smallest absolute Gasteiger partial charge is 0.191 e. The van der Waals surface area contributed by atoms with E-state index in [1.54, 1.807) is 12.1 Å². The van der Waals surface area contributed by atoms with Crippen molar-refractivity contribution in [1.29, 1.82) is 10.5 Å². The van der Waals surface area contributed by atoms with E-state index in [0.29, 0.717) is 27.2 Å². The molecule has 7 nitrogen and oxygen atoms in total. The van der Waals surface area contributed by atoms with E-state index in [1.165, 1.54) is 23.5 Å². The molecule has 2 aliphatic rings. The molecule has 2 fully saturated rings. The van der Waals surface area contributed by atoms with Crippen LogP contribution in [-0.2, 0) is 0 Å². The van der Waals surface area contributed by atoms with Gasteiger partial charge in [-0.05, 0) is 56.2 Å². The Bertz CT molecular complexity index is 1530. The van der Waals surface area contributed by atoms with Gasteiger partial charge in [0.2, 0.25) is 0 Å². The third-order valence-electron chi connectivity index (χ3n) is 6.75. The molecule has 0 N–H and O–H groups in total. The molecule has 35 heavy (non-hydrogen) atoms. The standard InChI is InChI=1S/C26H22FN7S/c1-15-9-20(33-13-16(11-28)14-33)10-21-25(24(18-3-4-18)31-34(15)21)32(2)26-30-23(22(12-29)35-26)17-5-7-19(27)8-6-17/h5-10,16,18H,3-4,13-14H2,1-2H3. The third-order valence-corrected chi connectivity index (χ3v) is 7.78. The quantitative estimate of drug-likeness (QED) is 0.379. The van der Waals surface area contributed by atoms with Crippen LogP contribution in [-0.4, -0.2) is 34.7 Å². The molecule has 6 rings (SSSR count). The Balaban J connectivity index is 1.46. The van der Waals surface area contributed by atoms with Crippen molar-refractivity contribution in [2.45, 2.75) is 25.7 Å². The van der Waals surface area contributed by atoms with Crippen LogP contribution < -0.4 is 9.80 Å². The maximum absolute atomic E-state index is 13.5.